The van der Waals surface area contributed by atoms with Crippen LogP contribution < -0.4 is 0 Å². The molecule has 1 aromatic rings. The van der Waals surface area contributed by atoms with E-state index in [0.717, 1.165) is 5.75 Å². The van der Waals surface area contributed by atoms with Gasteiger partial charge in [0.25, 0.3) is 5.69 Å². The highest BCUT2D eigenvalue weighted by Gasteiger charge is 2.19. The van der Waals surface area contributed by atoms with Crippen LogP contribution in [-0.4, -0.2) is 18.8 Å². The van der Waals surface area contributed by atoms with Crippen molar-refractivity contribution in [3.8, 4) is 0 Å². The second-order valence-electron chi connectivity index (χ2n) is 5.48. The van der Waals surface area contributed by atoms with Gasteiger partial charge in [0.15, 0.2) is 0 Å². The summed E-state index contributed by atoms with van der Waals surface area (Å²) in [6, 6.07) is 4.10. The molecule has 1 rings (SSSR count). The molecule has 0 saturated heterocycles. The molecule has 0 aliphatic heterocycles. The van der Waals surface area contributed by atoms with Gasteiger partial charge in [0.05, 0.1) is 4.92 Å². The summed E-state index contributed by atoms with van der Waals surface area (Å²) in [5.41, 5.74) is 0.588. The van der Waals surface area contributed by atoms with Crippen molar-refractivity contribution in [2.24, 2.45) is 0 Å². The third-order valence-corrected chi connectivity index (χ3v) is 6.48. The Morgan fingerprint density at radius 2 is 1.95 bits per heavy atom. The molecule has 1 aromatic carbocycles. The van der Waals surface area contributed by atoms with E-state index < -0.39 is 13.0 Å². The van der Waals surface area contributed by atoms with Gasteiger partial charge in [-0.25, -0.2) is 0 Å². The molecule has 7 heteroatoms. The third kappa shape index (κ3) is 5.34. The predicted octanol–water partition coefficient (Wildman–Crippen LogP) is 5.47. The zero-order valence-corrected chi connectivity index (χ0v) is 14.5. The van der Waals surface area contributed by atoms with Crippen molar-refractivity contribution in [1.82, 2.24) is 0 Å². The fraction of sp³-hybridized carbons (Fsp3) is 0.500. The molecule has 0 unspecified atom stereocenters. The van der Waals surface area contributed by atoms with Gasteiger partial charge < -0.3 is 0 Å². The van der Waals surface area contributed by atoms with E-state index >= 15 is 0 Å². The van der Waals surface area contributed by atoms with E-state index in [4.69, 9.17) is 23.2 Å². The standard InChI is InChI=1S/C12H17Cl2NO2SSi/c1-19(2,3)7-6-18-8-9-10(13)4-5-11(12(9)14)15(16)17/h4-5H,6-8H2,1-3H3. The Hall–Kier alpha value is -0.233. The Kier molecular flexibility index (Phi) is 6.17. The van der Waals surface area contributed by atoms with Crippen LogP contribution in [0.1, 0.15) is 5.56 Å². The topological polar surface area (TPSA) is 43.1 Å². The van der Waals surface area contributed by atoms with Crippen LogP contribution in [-0.2, 0) is 5.75 Å². The van der Waals surface area contributed by atoms with E-state index in [1.807, 2.05) is 0 Å². The highest BCUT2D eigenvalue weighted by molar-refractivity contribution is 7.98. The number of nitro groups is 1. The van der Waals surface area contributed by atoms with Crippen molar-refractivity contribution in [3.05, 3.63) is 37.9 Å². The Balaban J connectivity index is 2.73. The Morgan fingerprint density at radius 3 is 2.47 bits per heavy atom. The summed E-state index contributed by atoms with van der Waals surface area (Å²) >= 11 is 13.8. The summed E-state index contributed by atoms with van der Waals surface area (Å²) < 4.78 is 0. The first kappa shape index (κ1) is 16.8. The van der Waals surface area contributed by atoms with Gasteiger partial charge in [-0.1, -0.05) is 42.8 Å². The van der Waals surface area contributed by atoms with E-state index in [1.54, 1.807) is 17.8 Å². The van der Waals surface area contributed by atoms with Crippen molar-refractivity contribution in [3.63, 3.8) is 0 Å². The second-order valence-corrected chi connectivity index (χ2v) is 13.0. The van der Waals surface area contributed by atoms with Crippen molar-refractivity contribution >= 4 is 48.7 Å². The van der Waals surface area contributed by atoms with Crippen LogP contribution in [0.3, 0.4) is 0 Å². The maximum absolute atomic E-state index is 10.8. The third-order valence-electron chi connectivity index (χ3n) is 2.61. The zero-order chi connectivity index (χ0) is 14.6. The minimum Gasteiger partial charge on any atom is -0.258 e. The largest absolute Gasteiger partial charge is 0.288 e. The van der Waals surface area contributed by atoms with Crippen LogP contribution in [0.25, 0.3) is 0 Å². The fourth-order valence-electron chi connectivity index (χ4n) is 1.41. The number of hydrogen-bond acceptors (Lipinski definition) is 3. The molecule has 0 heterocycles. The first-order valence-electron chi connectivity index (χ1n) is 5.91. The normalized spacial score (nSPS) is 11.6. The molecule has 0 spiro atoms. The van der Waals surface area contributed by atoms with Crippen molar-refractivity contribution in [2.45, 2.75) is 31.4 Å². The van der Waals surface area contributed by atoms with Gasteiger partial charge >= 0.3 is 0 Å². The average Bonchev–Trinajstić information content (AvgIpc) is 2.25. The molecule has 0 amide bonds. The molecule has 0 atom stereocenters. The summed E-state index contributed by atoms with van der Waals surface area (Å²) in [6.45, 7) is 6.96. The number of thioether (sulfide) groups is 1. The molecule has 0 aliphatic carbocycles. The summed E-state index contributed by atoms with van der Waals surface area (Å²) in [5, 5.41) is 11.5. The number of rotatable bonds is 6. The van der Waals surface area contributed by atoms with E-state index in [1.165, 1.54) is 12.1 Å². The van der Waals surface area contributed by atoms with Gasteiger partial charge in [0, 0.05) is 30.5 Å². The Morgan fingerprint density at radius 1 is 1.32 bits per heavy atom. The van der Waals surface area contributed by atoms with Crippen LogP contribution in [0.2, 0.25) is 35.7 Å². The maximum Gasteiger partial charge on any atom is 0.288 e. The number of nitrogens with zero attached hydrogens (tertiary/aromatic N) is 1. The predicted molar refractivity (Wildman–Crippen MR) is 87.4 cm³/mol. The van der Waals surface area contributed by atoms with E-state index in [-0.39, 0.29) is 10.7 Å². The van der Waals surface area contributed by atoms with Crippen LogP contribution >= 0.6 is 35.0 Å². The highest BCUT2D eigenvalue weighted by atomic mass is 35.5. The number of benzene rings is 1. The minimum absolute atomic E-state index is 0.0770. The Labute approximate surface area is 128 Å². The number of nitro benzene ring substituents is 1. The summed E-state index contributed by atoms with van der Waals surface area (Å²) in [4.78, 5) is 10.3. The lowest BCUT2D eigenvalue weighted by molar-refractivity contribution is -0.384. The molecular formula is C12H17Cl2NO2SSi. The van der Waals surface area contributed by atoms with Crippen LogP contribution in [0, 0.1) is 10.1 Å². The maximum atomic E-state index is 10.8. The van der Waals surface area contributed by atoms with Crippen LogP contribution in [0.4, 0.5) is 5.69 Å². The summed E-state index contributed by atoms with van der Waals surface area (Å²) in [7, 11) is -1.05. The number of hydrogen-bond donors (Lipinski definition) is 0. The van der Waals surface area contributed by atoms with Gasteiger partial charge in [0.2, 0.25) is 0 Å². The van der Waals surface area contributed by atoms with E-state index in [2.05, 4.69) is 19.6 Å². The quantitative estimate of drug-likeness (QED) is 0.299. The lowest BCUT2D eigenvalue weighted by Crippen LogP contribution is -2.19. The summed E-state index contributed by atoms with van der Waals surface area (Å²) in [6.07, 6.45) is 0. The van der Waals surface area contributed by atoms with Crippen molar-refractivity contribution in [1.29, 1.82) is 0 Å². The zero-order valence-electron chi connectivity index (χ0n) is 11.2. The average molecular weight is 338 g/mol. The molecule has 0 saturated carbocycles. The van der Waals surface area contributed by atoms with Crippen LogP contribution in [0.15, 0.2) is 12.1 Å². The minimum atomic E-state index is -1.05. The molecule has 0 N–H and O–H groups in total. The monoisotopic (exact) mass is 337 g/mol. The van der Waals surface area contributed by atoms with E-state index in [0.29, 0.717) is 16.3 Å². The molecule has 0 bridgehead atoms. The molecule has 0 aromatic heterocycles. The lowest BCUT2D eigenvalue weighted by atomic mass is 10.2. The molecular weight excluding hydrogens is 321 g/mol. The van der Waals surface area contributed by atoms with Crippen LogP contribution in [0.5, 0.6) is 0 Å². The first-order valence-corrected chi connectivity index (χ1v) is 11.5. The van der Waals surface area contributed by atoms with Crippen molar-refractivity contribution < 1.29 is 4.92 Å². The SMILES string of the molecule is C[Si](C)(C)CCSCc1c(Cl)ccc([N+](=O)[O-])c1Cl. The van der Waals surface area contributed by atoms with Gasteiger partial charge in [-0.3, -0.25) is 10.1 Å². The van der Waals surface area contributed by atoms with Crippen molar-refractivity contribution in [2.75, 3.05) is 5.75 Å². The smallest absolute Gasteiger partial charge is 0.258 e. The van der Waals surface area contributed by atoms with Gasteiger partial charge in [0.1, 0.15) is 5.02 Å². The molecule has 19 heavy (non-hydrogen) atoms. The fourth-order valence-corrected chi connectivity index (χ4v) is 5.82. The van der Waals surface area contributed by atoms with Gasteiger partial charge in [-0.2, -0.15) is 11.8 Å². The summed E-state index contributed by atoms with van der Waals surface area (Å²) in [5.74, 6) is 1.65. The first-order chi connectivity index (χ1) is 8.72. The highest BCUT2D eigenvalue weighted by Crippen LogP contribution is 2.35. The van der Waals surface area contributed by atoms with Gasteiger partial charge in [-0.05, 0) is 17.9 Å². The molecule has 3 nitrogen and oxygen atoms in total. The molecule has 0 radical (unpaired) electrons. The Bertz CT molecular complexity index is 478. The molecule has 0 fully saturated rings. The lowest BCUT2D eigenvalue weighted by Gasteiger charge is -2.15. The van der Waals surface area contributed by atoms with E-state index in [9.17, 15) is 10.1 Å². The second kappa shape index (κ2) is 6.97. The van der Waals surface area contributed by atoms with Gasteiger partial charge in [-0.15, -0.1) is 0 Å². The molecule has 106 valence electrons. The molecule has 0 aliphatic rings. The number of halogens is 2.